The highest BCUT2D eigenvalue weighted by Gasteiger charge is 2.04. The highest BCUT2D eigenvalue weighted by atomic mass is 79.9. The summed E-state index contributed by atoms with van der Waals surface area (Å²) in [4.78, 5) is 14.5. The summed E-state index contributed by atoms with van der Waals surface area (Å²) in [6, 6.07) is 2.11. The van der Waals surface area contributed by atoms with Gasteiger partial charge in [-0.05, 0) is 36.0 Å². The van der Waals surface area contributed by atoms with Crippen molar-refractivity contribution in [3.63, 3.8) is 0 Å². The van der Waals surface area contributed by atoms with E-state index < -0.39 is 0 Å². The first-order valence-electron chi connectivity index (χ1n) is 5.76. The van der Waals surface area contributed by atoms with E-state index >= 15 is 0 Å². The zero-order valence-electron chi connectivity index (χ0n) is 10.6. The van der Waals surface area contributed by atoms with Gasteiger partial charge in [-0.25, -0.2) is 4.79 Å². The Hall–Kier alpha value is -0.430. The molecule has 0 spiro atoms. The van der Waals surface area contributed by atoms with Crippen molar-refractivity contribution < 1.29 is 14.3 Å². The average molecular weight is 336 g/mol. The first kappa shape index (κ1) is 15.6. The largest absolute Gasteiger partial charge is 0.464 e. The molecule has 0 aliphatic heterocycles. The van der Waals surface area contributed by atoms with Gasteiger partial charge in [-0.3, -0.25) is 4.90 Å². The number of hydrogen-bond donors (Lipinski definition) is 0. The Labute approximate surface area is 120 Å². The summed E-state index contributed by atoms with van der Waals surface area (Å²) < 4.78 is 11.1. The molecule has 102 valence electrons. The van der Waals surface area contributed by atoms with Crippen molar-refractivity contribution in [1.29, 1.82) is 0 Å². The second-order valence-electron chi connectivity index (χ2n) is 3.83. The van der Waals surface area contributed by atoms with E-state index in [1.807, 2.05) is 7.05 Å². The van der Waals surface area contributed by atoms with Crippen molar-refractivity contribution in [2.75, 3.05) is 33.4 Å². The summed E-state index contributed by atoms with van der Waals surface area (Å²) in [5, 5.41) is 2.07. The van der Waals surface area contributed by atoms with Gasteiger partial charge >= 0.3 is 5.97 Å². The van der Waals surface area contributed by atoms with Crippen LogP contribution in [-0.4, -0.2) is 44.3 Å². The Morgan fingerprint density at radius 3 is 2.94 bits per heavy atom. The monoisotopic (exact) mass is 335 g/mol. The summed E-state index contributed by atoms with van der Waals surface area (Å²) in [5.74, 6) is -0.303. The number of esters is 1. The molecule has 0 fully saturated rings. The first-order valence-corrected chi connectivity index (χ1v) is 7.44. The van der Waals surface area contributed by atoms with Crippen LogP contribution in [0.25, 0.3) is 0 Å². The fourth-order valence-corrected chi connectivity index (χ4v) is 2.89. The van der Waals surface area contributed by atoms with Crippen molar-refractivity contribution in [2.45, 2.75) is 13.5 Å². The van der Waals surface area contributed by atoms with Gasteiger partial charge in [0.1, 0.15) is 6.61 Å². The lowest BCUT2D eigenvalue weighted by Crippen LogP contribution is -2.24. The van der Waals surface area contributed by atoms with Crippen LogP contribution in [0.15, 0.2) is 15.9 Å². The van der Waals surface area contributed by atoms with Gasteiger partial charge in [0, 0.05) is 27.8 Å². The fourth-order valence-electron chi connectivity index (χ4n) is 1.36. The van der Waals surface area contributed by atoms with Gasteiger partial charge in [-0.15, -0.1) is 11.3 Å². The van der Waals surface area contributed by atoms with Crippen LogP contribution < -0.4 is 0 Å². The molecule has 0 bridgehead atoms. The molecule has 0 amide bonds. The Bertz CT molecular complexity index is 370. The molecule has 0 aromatic carbocycles. The van der Waals surface area contributed by atoms with Gasteiger partial charge in [0.15, 0.2) is 0 Å². The molecule has 0 saturated heterocycles. The molecule has 6 heteroatoms. The molecule has 1 rings (SSSR count). The van der Waals surface area contributed by atoms with Crippen LogP contribution in [-0.2, 0) is 20.8 Å². The van der Waals surface area contributed by atoms with Crippen LogP contribution in [0.5, 0.6) is 0 Å². The molecule has 0 N–H and O–H groups in total. The summed E-state index contributed by atoms with van der Waals surface area (Å²) in [6.45, 7) is 4.42. The lowest BCUT2D eigenvalue weighted by Gasteiger charge is -2.15. The molecule has 4 nitrogen and oxygen atoms in total. The molecule has 1 heterocycles. The topological polar surface area (TPSA) is 38.8 Å². The van der Waals surface area contributed by atoms with Crippen LogP contribution >= 0.6 is 27.3 Å². The molecule has 18 heavy (non-hydrogen) atoms. The van der Waals surface area contributed by atoms with E-state index in [9.17, 15) is 4.79 Å². The van der Waals surface area contributed by atoms with Crippen molar-refractivity contribution in [3.8, 4) is 0 Å². The van der Waals surface area contributed by atoms with E-state index in [0.29, 0.717) is 13.2 Å². The molecule has 0 unspecified atom stereocenters. The number of thiophene rings is 1. The van der Waals surface area contributed by atoms with Crippen LogP contribution in [0.3, 0.4) is 0 Å². The minimum Gasteiger partial charge on any atom is -0.464 e. The third-order valence-corrected chi connectivity index (χ3v) is 3.87. The van der Waals surface area contributed by atoms with Crippen LogP contribution in [0.2, 0.25) is 0 Å². The lowest BCUT2D eigenvalue weighted by atomic mass is 10.4. The number of hydrogen-bond acceptors (Lipinski definition) is 5. The minimum absolute atomic E-state index is 0.0340. The second kappa shape index (κ2) is 8.63. The van der Waals surface area contributed by atoms with Gasteiger partial charge in [-0.1, -0.05) is 0 Å². The number of rotatable bonds is 8. The number of carbonyl (C=O) groups is 1. The number of likely N-dealkylation sites (N-methyl/N-ethyl adjacent to an activating group) is 1. The molecule has 0 radical (unpaired) electrons. The van der Waals surface area contributed by atoms with Gasteiger partial charge in [0.25, 0.3) is 0 Å². The number of halogens is 1. The fraction of sp³-hybridized carbons (Fsp3) is 0.583. The molecule has 0 atom stereocenters. The van der Waals surface area contributed by atoms with Gasteiger partial charge in [-0.2, -0.15) is 0 Å². The number of nitrogens with zero attached hydrogens (tertiary/aromatic N) is 1. The van der Waals surface area contributed by atoms with E-state index in [-0.39, 0.29) is 12.6 Å². The molecule has 1 aromatic heterocycles. The maximum absolute atomic E-state index is 11.0. The zero-order valence-corrected chi connectivity index (χ0v) is 13.1. The first-order chi connectivity index (χ1) is 8.61. The van der Waals surface area contributed by atoms with E-state index in [2.05, 4.69) is 32.3 Å². The van der Waals surface area contributed by atoms with Crippen molar-refractivity contribution >= 4 is 33.2 Å². The number of carbonyl (C=O) groups excluding carboxylic acids is 1. The third-order valence-electron chi connectivity index (χ3n) is 2.19. The third kappa shape index (κ3) is 6.49. The molecule has 1 aromatic rings. The zero-order chi connectivity index (χ0) is 13.4. The van der Waals surface area contributed by atoms with Crippen molar-refractivity contribution in [1.82, 2.24) is 4.90 Å². The SMILES string of the molecule is CCOC(=O)COCCN(C)Cc1cc(Br)cs1. The van der Waals surface area contributed by atoms with Gasteiger partial charge in [0.2, 0.25) is 0 Å². The molecular formula is C12H18BrNO3S. The van der Waals surface area contributed by atoms with Gasteiger partial charge < -0.3 is 9.47 Å². The Balaban J connectivity index is 2.10. The second-order valence-corrected chi connectivity index (χ2v) is 5.74. The van der Waals surface area contributed by atoms with E-state index in [0.717, 1.165) is 17.6 Å². The summed E-state index contributed by atoms with van der Waals surface area (Å²) in [6.07, 6.45) is 0. The van der Waals surface area contributed by atoms with Crippen LogP contribution in [0.4, 0.5) is 0 Å². The Morgan fingerprint density at radius 1 is 1.56 bits per heavy atom. The van der Waals surface area contributed by atoms with E-state index in [4.69, 9.17) is 9.47 Å². The maximum atomic E-state index is 11.0. The highest BCUT2D eigenvalue weighted by Crippen LogP contribution is 2.20. The van der Waals surface area contributed by atoms with Crippen molar-refractivity contribution in [3.05, 3.63) is 20.8 Å². The van der Waals surface area contributed by atoms with Crippen LogP contribution in [0, 0.1) is 0 Å². The molecule has 0 aliphatic rings. The smallest absolute Gasteiger partial charge is 0.332 e. The molecular weight excluding hydrogens is 318 g/mol. The van der Waals surface area contributed by atoms with Crippen molar-refractivity contribution in [2.24, 2.45) is 0 Å². The number of ether oxygens (including phenoxy) is 2. The van der Waals surface area contributed by atoms with Crippen LogP contribution in [0.1, 0.15) is 11.8 Å². The Kier molecular flexibility index (Phi) is 7.50. The quantitative estimate of drug-likeness (QED) is 0.540. The summed E-state index contributed by atoms with van der Waals surface area (Å²) in [5.41, 5.74) is 0. The van der Waals surface area contributed by atoms with Gasteiger partial charge in [0.05, 0.1) is 13.2 Å². The van der Waals surface area contributed by atoms with E-state index in [1.54, 1.807) is 18.3 Å². The highest BCUT2D eigenvalue weighted by molar-refractivity contribution is 9.10. The predicted octanol–water partition coefficient (Wildman–Crippen LogP) is 2.52. The maximum Gasteiger partial charge on any atom is 0.332 e. The average Bonchev–Trinajstić information content (AvgIpc) is 2.70. The minimum atomic E-state index is -0.303. The molecule has 0 aliphatic carbocycles. The predicted molar refractivity (Wildman–Crippen MR) is 75.8 cm³/mol. The van der Waals surface area contributed by atoms with E-state index in [1.165, 1.54) is 4.88 Å². The summed E-state index contributed by atoms with van der Waals surface area (Å²) >= 11 is 5.16. The summed E-state index contributed by atoms with van der Waals surface area (Å²) in [7, 11) is 2.03. The lowest BCUT2D eigenvalue weighted by molar-refractivity contribution is -0.148. The molecule has 0 saturated carbocycles. The normalized spacial score (nSPS) is 10.9. The Morgan fingerprint density at radius 2 is 2.33 bits per heavy atom. The standard InChI is InChI=1S/C12H18BrNO3S/c1-3-17-12(15)8-16-5-4-14(2)7-11-6-10(13)9-18-11/h6,9H,3-5,7-8H2,1-2H3.